The molecule has 2 aromatic rings. The standard InChI is InChI=1S/C19H22ClN5O4S/c1-13-3-5-15(20)11-17(13)23-7-9-24(10-8-23)19(21)22-30(28,29)18-12-16(25(26)27)6-4-14(18)2/h3-6,11-12H,7-10H2,1-2H3,(H2,21,22). The molecule has 0 amide bonds. The molecule has 0 atom stereocenters. The van der Waals surface area contributed by atoms with Gasteiger partial charge in [-0.25, -0.2) is 0 Å². The van der Waals surface area contributed by atoms with Gasteiger partial charge in [-0.2, -0.15) is 8.42 Å². The van der Waals surface area contributed by atoms with Gasteiger partial charge in [0.1, 0.15) is 0 Å². The van der Waals surface area contributed by atoms with Gasteiger partial charge in [0, 0.05) is 49.0 Å². The Balaban J connectivity index is 1.77. The lowest BCUT2D eigenvalue weighted by atomic mass is 10.1. The Labute approximate surface area is 180 Å². The number of nitrogens with zero attached hydrogens (tertiary/aromatic N) is 4. The van der Waals surface area contributed by atoms with E-state index in [9.17, 15) is 18.5 Å². The van der Waals surface area contributed by atoms with E-state index in [0.717, 1.165) is 17.3 Å². The molecule has 0 unspecified atom stereocenters. The number of hydrogen-bond donors (Lipinski definition) is 1. The van der Waals surface area contributed by atoms with Crippen molar-refractivity contribution in [2.75, 3.05) is 31.1 Å². The molecule has 1 fully saturated rings. The highest BCUT2D eigenvalue weighted by atomic mass is 35.5. The molecular formula is C19H22ClN5O4S. The van der Waals surface area contributed by atoms with Crippen molar-refractivity contribution in [3.8, 4) is 0 Å². The topological polar surface area (TPSA) is 122 Å². The second-order valence-corrected chi connectivity index (χ2v) is 9.05. The average Bonchev–Trinajstić information content (AvgIpc) is 2.69. The molecule has 0 aromatic heterocycles. The van der Waals surface area contributed by atoms with Crippen LogP contribution in [0.1, 0.15) is 11.1 Å². The van der Waals surface area contributed by atoms with E-state index in [0.29, 0.717) is 36.8 Å². The number of benzene rings is 2. The highest BCUT2D eigenvalue weighted by Crippen LogP contribution is 2.26. The third kappa shape index (κ3) is 4.65. The Kier molecular flexibility index (Phi) is 6.18. The SMILES string of the molecule is Cc1ccc(Cl)cc1N1CCN(C(N)=NS(=O)(=O)c2cc([N+](=O)[O-])ccc2C)CC1. The highest BCUT2D eigenvalue weighted by molar-refractivity contribution is 7.90. The van der Waals surface area contributed by atoms with Crippen LogP contribution in [-0.2, 0) is 10.0 Å². The Hall–Kier alpha value is -2.85. The minimum atomic E-state index is -4.19. The largest absolute Gasteiger partial charge is 0.369 e. The Morgan fingerprint density at radius 2 is 1.73 bits per heavy atom. The third-order valence-electron chi connectivity index (χ3n) is 4.99. The quantitative estimate of drug-likeness (QED) is 0.328. The van der Waals surface area contributed by atoms with Crippen molar-refractivity contribution in [3.05, 3.63) is 62.7 Å². The molecule has 0 saturated carbocycles. The molecule has 3 rings (SSSR count). The molecular weight excluding hydrogens is 430 g/mol. The lowest BCUT2D eigenvalue weighted by Crippen LogP contribution is -2.51. The summed E-state index contributed by atoms with van der Waals surface area (Å²) in [5, 5.41) is 11.6. The second kappa shape index (κ2) is 8.49. The second-order valence-electron chi connectivity index (χ2n) is 7.04. The molecule has 1 heterocycles. The van der Waals surface area contributed by atoms with Gasteiger partial charge in [0.25, 0.3) is 15.7 Å². The zero-order chi connectivity index (χ0) is 22.1. The van der Waals surface area contributed by atoms with Crippen LogP contribution in [0.2, 0.25) is 5.02 Å². The zero-order valence-corrected chi connectivity index (χ0v) is 18.2. The van der Waals surface area contributed by atoms with Gasteiger partial charge in [-0.3, -0.25) is 10.1 Å². The number of nitrogens with two attached hydrogens (primary N) is 1. The van der Waals surface area contributed by atoms with E-state index in [1.165, 1.54) is 12.1 Å². The van der Waals surface area contributed by atoms with E-state index in [-0.39, 0.29) is 16.5 Å². The van der Waals surface area contributed by atoms with E-state index in [2.05, 4.69) is 9.30 Å². The van der Waals surface area contributed by atoms with Gasteiger partial charge in [0.05, 0.1) is 9.82 Å². The number of sulfonamides is 1. The van der Waals surface area contributed by atoms with Crippen molar-refractivity contribution in [1.82, 2.24) is 4.90 Å². The van der Waals surface area contributed by atoms with Crippen LogP contribution < -0.4 is 10.6 Å². The first-order chi connectivity index (χ1) is 14.1. The van der Waals surface area contributed by atoms with Crippen molar-refractivity contribution >= 4 is 39.0 Å². The van der Waals surface area contributed by atoms with E-state index in [4.69, 9.17) is 17.3 Å². The van der Waals surface area contributed by atoms with Crippen LogP contribution in [0.25, 0.3) is 0 Å². The monoisotopic (exact) mass is 451 g/mol. The fourth-order valence-corrected chi connectivity index (χ4v) is 4.68. The lowest BCUT2D eigenvalue weighted by molar-refractivity contribution is -0.385. The summed E-state index contributed by atoms with van der Waals surface area (Å²) < 4.78 is 29.1. The highest BCUT2D eigenvalue weighted by Gasteiger charge is 2.24. The molecule has 0 radical (unpaired) electrons. The van der Waals surface area contributed by atoms with Crippen LogP contribution in [0.5, 0.6) is 0 Å². The number of halogens is 1. The minimum Gasteiger partial charge on any atom is -0.369 e. The summed E-state index contributed by atoms with van der Waals surface area (Å²) >= 11 is 6.10. The first-order valence-electron chi connectivity index (χ1n) is 9.20. The van der Waals surface area contributed by atoms with Crippen molar-refractivity contribution < 1.29 is 13.3 Å². The number of non-ortho nitro benzene ring substituents is 1. The molecule has 2 aromatic carbocycles. The number of rotatable bonds is 4. The molecule has 2 N–H and O–H groups in total. The van der Waals surface area contributed by atoms with E-state index in [1.807, 2.05) is 25.1 Å². The molecule has 0 bridgehead atoms. The molecule has 0 spiro atoms. The summed E-state index contributed by atoms with van der Waals surface area (Å²) in [7, 11) is -4.19. The van der Waals surface area contributed by atoms with Crippen molar-refractivity contribution in [1.29, 1.82) is 0 Å². The van der Waals surface area contributed by atoms with Gasteiger partial charge < -0.3 is 15.5 Å². The van der Waals surface area contributed by atoms with Crippen LogP contribution in [0.4, 0.5) is 11.4 Å². The number of aryl methyl sites for hydroxylation is 2. The molecule has 11 heteroatoms. The van der Waals surface area contributed by atoms with Gasteiger partial charge in [0.15, 0.2) is 0 Å². The van der Waals surface area contributed by atoms with Crippen molar-refractivity contribution in [2.24, 2.45) is 10.1 Å². The van der Waals surface area contributed by atoms with Gasteiger partial charge in [-0.15, -0.1) is 4.40 Å². The maximum atomic E-state index is 12.7. The van der Waals surface area contributed by atoms with E-state index < -0.39 is 14.9 Å². The van der Waals surface area contributed by atoms with Gasteiger partial charge in [0.2, 0.25) is 5.96 Å². The number of anilines is 1. The maximum Gasteiger partial charge on any atom is 0.286 e. The predicted octanol–water partition coefficient (Wildman–Crippen LogP) is 2.69. The molecule has 30 heavy (non-hydrogen) atoms. The Bertz CT molecular complexity index is 1110. The van der Waals surface area contributed by atoms with Crippen LogP contribution in [0, 0.1) is 24.0 Å². The van der Waals surface area contributed by atoms with Gasteiger partial charge in [-0.05, 0) is 37.1 Å². The summed E-state index contributed by atoms with van der Waals surface area (Å²) in [6, 6.07) is 9.32. The first kappa shape index (κ1) is 21.8. The molecule has 1 aliphatic heterocycles. The Morgan fingerprint density at radius 3 is 2.37 bits per heavy atom. The first-order valence-corrected chi connectivity index (χ1v) is 11.0. The number of guanidine groups is 1. The zero-order valence-electron chi connectivity index (χ0n) is 16.6. The normalized spacial score (nSPS) is 15.4. The average molecular weight is 452 g/mol. The van der Waals surface area contributed by atoms with Crippen LogP contribution >= 0.6 is 11.6 Å². The van der Waals surface area contributed by atoms with E-state index in [1.54, 1.807) is 11.8 Å². The van der Waals surface area contributed by atoms with Gasteiger partial charge >= 0.3 is 0 Å². The number of nitro benzene ring substituents is 1. The smallest absolute Gasteiger partial charge is 0.286 e. The van der Waals surface area contributed by atoms with Crippen LogP contribution in [0.15, 0.2) is 45.7 Å². The summed E-state index contributed by atoms with van der Waals surface area (Å²) in [4.78, 5) is 13.9. The number of hydrogen-bond acceptors (Lipinski definition) is 5. The van der Waals surface area contributed by atoms with Crippen molar-refractivity contribution in [3.63, 3.8) is 0 Å². The third-order valence-corrected chi connectivity index (χ3v) is 6.65. The number of nitro groups is 1. The fraction of sp³-hybridized carbons (Fsp3) is 0.316. The summed E-state index contributed by atoms with van der Waals surface area (Å²) in [5.74, 6) is -0.136. The van der Waals surface area contributed by atoms with Gasteiger partial charge in [-0.1, -0.05) is 23.7 Å². The minimum absolute atomic E-state index is 0.136. The van der Waals surface area contributed by atoms with Crippen LogP contribution in [0.3, 0.4) is 0 Å². The molecule has 9 nitrogen and oxygen atoms in total. The Morgan fingerprint density at radius 1 is 1.10 bits per heavy atom. The maximum absolute atomic E-state index is 12.7. The molecule has 0 aliphatic carbocycles. The van der Waals surface area contributed by atoms with Crippen LogP contribution in [-0.4, -0.2) is 50.4 Å². The predicted molar refractivity (Wildman–Crippen MR) is 117 cm³/mol. The molecule has 160 valence electrons. The summed E-state index contributed by atoms with van der Waals surface area (Å²) in [6.45, 7) is 5.74. The molecule has 1 aliphatic rings. The number of piperazine rings is 1. The van der Waals surface area contributed by atoms with E-state index >= 15 is 0 Å². The summed E-state index contributed by atoms with van der Waals surface area (Å²) in [5.41, 5.74) is 8.14. The summed E-state index contributed by atoms with van der Waals surface area (Å²) in [6.07, 6.45) is 0. The molecule has 1 saturated heterocycles. The fourth-order valence-electron chi connectivity index (χ4n) is 3.31. The lowest BCUT2D eigenvalue weighted by Gasteiger charge is -2.37. The van der Waals surface area contributed by atoms with Crippen molar-refractivity contribution in [2.45, 2.75) is 18.7 Å².